The third-order valence-electron chi connectivity index (χ3n) is 9.92. The van der Waals surface area contributed by atoms with Gasteiger partial charge in [0.2, 0.25) is 0 Å². The van der Waals surface area contributed by atoms with Crippen LogP contribution in [0.5, 0.6) is 0 Å². The first-order chi connectivity index (χ1) is 23.2. The van der Waals surface area contributed by atoms with E-state index >= 15 is 0 Å². The minimum absolute atomic E-state index is 0.233. The van der Waals surface area contributed by atoms with E-state index in [-0.39, 0.29) is 5.92 Å². The summed E-state index contributed by atoms with van der Waals surface area (Å²) in [6.45, 7) is 2.34. The van der Waals surface area contributed by atoms with Crippen LogP contribution in [0.1, 0.15) is 24.0 Å². The van der Waals surface area contributed by atoms with Crippen molar-refractivity contribution in [1.29, 1.82) is 0 Å². The van der Waals surface area contributed by atoms with Gasteiger partial charge in [-0.3, -0.25) is 0 Å². The van der Waals surface area contributed by atoms with Crippen LogP contribution >= 0.6 is 0 Å². The Kier molecular flexibility index (Phi) is 6.50. The molecule has 0 radical (unpaired) electrons. The van der Waals surface area contributed by atoms with Crippen molar-refractivity contribution >= 4 is 60.2 Å². The highest BCUT2D eigenvalue weighted by atomic mass is 15.1. The Bertz CT molecular complexity index is 2450. The molecule has 1 heteroatoms. The number of benzene rings is 9. The molecule has 0 amide bonds. The molecule has 1 atom stereocenters. The van der Waals surface area contributed by atoms with Crippen LogP contribution in [0.2, 0.25) is 0 Å². The van der Waals surface area contributed by atoms with Crippen LogP contribution in [0.3, 0.4) is 0 Å². The van der Waals surface area contributed by atoms with Gasteiger partial charge >= 0.3 is 0 Å². The first kappa shape index (κ1) is 27.4. The summed E-state index contributed by atoms with van der Waals surface area (Å²) < 4.78 is 0. The number of fused-ring (bicyclic) bond motifs is 2. The van der Waals surface area contributed by atoms with Crippen molar-refractivity contribution in [2.75, 3.05) is 4.90 Å². The second-order valence-electron chi connectivity index (χ2n) is 12.5. The van der Waals surface area contributed by atoms with Crippen molar-refractivity contribution in [2.24, 2.45) is 0 Å². The Morgan fingerprint density at radius 1 is 0.362 bits per heavy atom. The Hall–Kier alpha value is -5.92. The number of hydrogen-bond acceptors (Lipinski definition) is 1. The lowest BCUT2D eigenvalue weighted by Gasteiger charge is -2.26. The summed E-state index contributed by atoms with van der Waals surface area (Å²) in [6, 6.07) is 64.2. The lowest BCUT2D eigenvalue weighted by Crippen LogP contribution is -2.10. The van der Waals surface area contributed by atoms with Crippen molar-refractivity contribution in [2.45, 2.75) is 12.8 Å². The summed E-state index contributed by atoms with van der Waals surface area (Å²) in [5.74, 6) is 0.233. The van der Waals surface area contributed by atoms with E-state index in [9.17, 15) is 0 Å². The molecule has 0 aliphatic carbocycles. The lowest BCUT2D eigenvalue weighted by atomic mass is 9.84. The summed E-state index contributed by atoms with van der Waals surface area (Å²) in [5.41, 5.74) is 8.52. The fourth-order valence-corrected chi connectivity index (χ4v) is 7.60. The van der Waals surface area contributed by atoms with Crippen LogP contribution in [-0.2, 0) is 0 Å². The molecule has 0 saturated heterocycles. The van der Waals surface area contributed by atoms with Crippen molar-refractivity contribution < 1.29 is 0 Å². The van der Waals surface area contributed by atoms with Crippen molar-refractivity contribution in [3.8, 4) is 11.1 Å². The smallest absolute Gasteiger partial charge is 0.0462 e. The molecule has 0 saturated carbocycles. The largest absolute Gasteiger partial charge is 0.311 e. The molecule has 0 N–H and O–H groups in total. The Labute approximate surface area is 275 Å². The van der Waals surface area contributed by atoms with Gasteiger partial charge in [0, 0.05) is 23.0 Å². The maximum atomic E-state index is 2.36. The fraction of sp³-hybridized carbons (Fsp3) is 0.0435. The van der Waals surface area contributed by atoms with E-state index in [1.54, 1.807) is 0 Å². The minimum Gasteiger partial charge on any atom is -0.311 e. The monoisotopic (exact) mass is 599 g/mol. The summed E-state index contributed by atoms with van der Waals surface area (Å²) in [5, 5.41) is 10.7. The highest BCUT2D eigenvalue weighted by Gasteiger charge is 2.19. The second kappa shape index (κ2) is 11.2. The molecule has 0 bridgehead atoms. The number of rotatable bonds is 6. The Morgan fingerprint density at radius 3 is 1.51 bits per heavy atom. The predicted octanol–water partition coefficient (Wildman–Crippen LogP) is 13.0. The van der Waals surface area contributed by atoms with E-state index in [4.69, 9.17) is 0 Å². The maximum absolute atomic E-state index is 2.36. The van der Waals surface area contributed by atoms with Crippen molar-refractivity contribution in [3.05, 3.63) is 187 Å². The molecule has 0 aliphatic heterocycles. The van der Waals surface area contributed by atoms with Gasteiger partial charge in [0.1, 0.15) is 0 Å². The molecule has 0 aliphatic rings. The highest BCUT2D eigenvalue weighted by Crippen LogP contribution is 2.43. The number of nitrogens with zero attached hydrogens (tertiary/aromatic N) is 1. The number of hydrogen-bond donors (Lipinski definition) is 0. The van der Waals surface area contributed by atoms with Crippen molar-refractivity contribution in [3.63, 3.8) is 0 Å². The van der Waals surface area contributed by atoms with Gasteiger partial charge < -0.3 is 4.90 Å². The average molecular weight is 600 g/mol. The van der Waals surface area contributed by atoms with Crippen LogP contribution in [-0.4, -0.2) is 0 Å². The van der Waals surface area contributed by atoms with E-state index in [0.29, 0.717) is 0 Å². The third kappa shape index (κ3) is 4.55. The van der Waals surface area contributed by atoms with Gasteiger partial charge in [-0.15, -0.1) is 0 Å². The molecular formula is C46H33N. The highest BCUT2D eigenvalue weighted by molar-refractivity contribution is 6.33. The predicted molar refractivity (Wildman–Crippen MR) is 202 cm³/mol. The zero-order valence-corrected chi connectivity index (χ0v) is 26.3. The van der Waals surface area contributed by atoms with Gasteiger partial charge in [-0.1, -0.05) is 146 Å². The van der Waals surface area contributed by atoms with Gasteiger partial charge in [0.15, 0.2) is 0 Å². The Balaban J connectivity index is 1.11. The maximum Gasteiger partial charge on any atom is 0.0462 e. The Morgan fingerprint density at radius 2 is 0.851 bits per heavy atom. The molecule has 0 aromatic heterocycles. The molecule has 47 heavy (non-hydrogen) atoms. The molecule has 0 fully saturated rings. The van der Waals surface area contributed by atoms with Crippen LogP contribution in [0.25, 0.3) is 54.2 Å². The summed E-state index contributed by atoms with van der Waals surface area (Å²) >= 11 is 0. The van der Waals surface area contributed by atoms with Crippen LogP contribution in [0.15, 0.2) is 176 Å². The lowest BCUT2D eigenvalue weighted by molar-refractivity contribution is 0.933. The number of anilines is 3. The van der Waals surface area contributed by atoms with Crippen LogP contribution in [0, 0.1) is 0 Å². The summed E-state index contributed by atoms with van der Waals surface area (Å²) in [7, 11) is 0. The summed E-state index contributed by atoms with van der Waals surface area (Å²) in [4.78, 5) is 2.34. The van der Waals surface area contributed by atoms with E-state index in [2.05, 4.69) is 188 Å². The molecule has 222 valence electrons. The normalized spacial score (nSPS) is 12.3. The van der Waals surface area contributed by atoms with Crippen molar-refractivity contribution in [1.82, 2.24) is 0 Å². The standard InChI is InChI=1S/C46H33N/c1-31(39-29-30-44-42-18-9-14-35-13-8-17-41(45(35)42)43-20-10-19-40(39)46(43)44)32-21-25-37(26-22-32)47(36-15-6-3-7-16-36)38-27-23-34(24-28-38)33-11-4-2-5-12-33/h2-31H,1H3. The van der Waals surface area contributed by atoms with E-state index in [1.807, 2.05) is 0 Å². The van der Waals surface area contributed by atoms with E-state index < -0.39 is 0 Å². The van der Waals surface area contributed by atoms with Crippen LogP contribution in [0.4, 0.5) is 17.1 Å². The first-order valence-corrected chi connectivity index (χ1v) is 16.4. The van der Waals surface area contributed by atoms with Gasteiger partial charge in [-0.25, -0.2) is 0 Å². The van der Waals surface area contributed by atoms with E-state index in [1.165, 1.54) is 65.3 Å². The van der Waals surface area contributed by atoms with Gasteiger partial charge in [0.25, 0.3) is 0 Å². The molecule has 1 unspecified atom stereocenters. The fourth-order valence-electron chi connectivity index (χ4n) is 7.60. The van der Waals surface area contributed by atoms with Gasteiger partial charge in [-0.2, -0.15) is 0 Å². The molecule has 0 heterocycles. The SMILES string of the molecule is CC(c1ccc(N(c2ccccc2)c2ccc(-c3ccccc3)cc2)cc1)c1ccc2c3cccc4cccc(c5cccc1c52)c43. The zero-order valence-electron chi connectivity index (χ0n) is 26.3. The molecular weight excluding hydrogens is 567 g/mol. The average Bonchev–Trinajstić information content (AvgIpc) is 3.15. The topological polar surface area (TPSA) is 3.24 Å². The summed E-state index contributed by atoms with van der Waals surface area (Å²) in [6.07, 6.45) is 0. The molecule has 0 spiro atoms. The van der Waals surface area contributed by atoms with Gasteiger partial charge in [-0.05, 0) is 102 Å². The van der Waals surface area contributed by atoms with Gasteiger partial charge in [0.05, 0.1) is 0 Å². The molecule has 9 rings (SSSR count). The number of para-hydroxylation sites is 1. The quantitative estimate of drug-likeness (QED) is 0.136. The second-order valence-corrected chi connectivity index (χ2v) is 12.5. The third-order valence-corrected chi connectivity index (χ3v) is 9.92. The molecule has 1 nitrogen and oxygen atoms in total. The molecule has 9 aromatic rings. The minimum atomic E-state index is 0.233. The zero-order chi connectivity index (χ0) is 31.3. The molecule has 9 aromatic carbocycles. The first-order valence-electron chi connectivity index (χ1n) is 16.4. The van der Waals surface area contributed by atoms with E-state index in [0.717, 1.165) is 17.1 Å². The van der Waals surface area contributed by atoms with Crippen LogP contribution < -0.4 is 4.90 Å².